The molecule has 2 aliphatic rings. The molecule has 0 aliphatic carbocycles. The van der Waals surface area contributed by atoms with E-state index >= 15 is 0 Å². The van der Waals surface area contributed by atoms with E-state index in [0.717, 1.165) is 33.8 Å². The molecule has 5 rings (SSSR count). The van der Waals surface area contributed by atoms with Gasteiger partial charge in [-0.1, -0.05) is 0 Å². The number of rotatable bonds is 1. The number of methoxy groups -OCH3 is 1. The summed E-state index contributed by atoms with van der Waals surface area (Å²) >= 11 is 0. The van der Waals surface area contributed by atoms with E-state index in [1.165, 1.54) is 7.11 Å². The van der Waals surface area contributed by atoms with Crippen LogP contribution in [0.2, 0.25) is 0 Å². The Hall–Kier alpha value is -3.93. The van der Waals surface area contributed by atoms with Gasteiger partial charge in [-0.05, 0) is 66.8 Å². The van der Waals surface area contributed by atoms with Gasteiger partial charge in [0.05, 0.1) is 40.9 Å². The smallest absolute Gasteiger partial charge is 0.342 e. The minimum atomic E-state index is -0.417. The lowest BCUT2D eigenvalue weighted by Crippen LogP contribution is -2.02. The Balaban J connectivity index is 1.89. The monoisotopic (exact) mass is 368 g/mol. The Kier molecular flexibility index (Phi) is 3.69. The maximum atomic E-state index is 12.5. The number of H-pyrrole nitrogens is 2. The number of hydrogen-bond donors (Lipinski definition) is 2. The molecule has 6 heteroatoms. The Morgan fingerprint density at radius 3 is 1.68 bits per heavy atom. The van der Waals surface area contributed by atoms with E-state index in [0.29, 0.717) is 16.6 Å². The zero-order chi connectivity index (χ0) is 19.1. The third-order valence-electron chi connectivity index (χ3n) is 4.61. The first-order valence-electron chi connectivity index (χ1n) is 8.84. The highest BCUT2D eigenvalue weighted by Crippen LogP contribution is 2.20. The molecule has 0 unspecified atom stereocenters. The number of ether oxygens (including phenoxy) is 1. The summed E-state index contributed by atoms with van der Waals surface area (Å²) in [7, 11) is 1.38. The number of nitrogens with one attached hydrogen (secondary N) is 2. The summed E-state index contributed by atoms with van der Waals surface area (Å²) in [5, 5.41) is 0. The molecular formula is C22H16N4O2. The molecule has 2 aliphatic heterocycles. The summed E-state index contributed by atoms with van der Waals surface area (Å²) < 4.78 is 5.01. The lowest BCUT2D eigenvalue weighted by atomic mass is 10.2. The molecule has 2 N–H and O–H groups in total. The van der Waals surface area contributed by atoms with E-state index < -0.39 is 5.97 Å². The minimum absolute atomic E-state index is 0.417. The fourth-order valence-corrected chi connectivity index (χ4v) is 3.33. The van der Waals surface area contributed by atoms with Gasteiger partial charge in [-0.2, -0.15) is 0 Å². The molecule has 3 aromatic rings. The maximum Gasteiger partial charge on any atom is 0.342 e. The average molecular weight is 368 g/mol. The lowest BCUT2D eigenvalue weighted by Gasteiger charge is -1.99. The van der Waals surface area contributed by atoms with Gasteiger partial charge in [0.25, 0.3) is 0 Å². The summed E-state index contributed by atoms with van der Waals surface area (Å²) in [6, 6.07) is 13.4. The predicted molar refractivity (Wildman–Crippen MR) is 110 cm³/mol. The van der Waals surface area contributed by atoms with Crippen molar-refractivity contribution in [1.82, 2.24) is 19.9 Å². The number of aromatic nitrogens is 4. The number of nitrogens with zero attached hydrogens (tertiary/aromatic N) is 2. The van der Waals surface area contributed by atoms with Crippen LogP contribution in [-0.4, -0.2) is 33.0 Å². The van der Waals surface area contributed by atoms with E-state index in [1.807, 2.05) is 66.8 Å². The summed E-state index contributed by atoms with van der Waals surface area (Å²) in [6.07, 6.45) is 7.80. The first-order chi connectivity index (χ1) is 13.7. The molecule has 28 heavy (non-hydrogen) atoms. The van der Waals surface area contributed by atoms with Crippen molar-refractivity contribution in [2.45, 2.75) is 0 Å². The average Bonchev–Trinajstić information content (AvgIpc) is 3.46. The number of carbonyl (C=O) groups is 1. The summed E-state index contributed by atoms with van der Waals surface area (Å²) in [6.45, 7) is 0. The summed E-state index contributed by atoms with van der Waals surface area (Å²) in [5.41, 5.74) is 6.82. The SMILES string of the molecule is COC(=O)c1c2ccc(cc3nc(cc4nc(cc5ccc1[nH]5)C=C4)C=C3)[nH]2. The second kappa shape index (κ2) is 6.35. The molecule has 0 radical (unpaired) electrons. The van der Waals surface area contributed by atoms with E-state index in [9.17, 15) is 4.79 Å². The number of esters is 1. The van der Waals surface area contributed by atoms with E-state index in [4.69, 9.17) is 4.74 Å². The fraction of sp³-hybridized carbons (Fsp3) is 0.0455. The van der Waals surface area contributed by atoms with Crippen LogP contribution in [-0.2, 0) is 4.74 Å². The van der Waals surface area contributed by atoms with Crippen LogP contribution in [0.25, 0.3) is 46.4 Å². The highest BCUT2D eigenvalue weighted by atomic mass is 16.5. The Labute approximate surface area is 160 Å². The van der Waals surface area contributed by atoms with Gasteiger partial charge in [0.2, 0.25) is 0 Å². The second-order valence-corrected chi connectivity index (χ2v) is 6.54. The van der Waals surface area contributed by atoms with Crippen LogP contribution < -0.4 is 0 Å². The van der Waals surface area contributed by atoms with E-state index in [1.54, 1.807) is 0 Å². The van der Waals surface area contributed by atoms with Gasteiger partial charge in [0.15, 0.2) is 0 Å². The van der Waals surface area contributed by atoms with Crippen molar-refractivity contribution in [3.05, 3.63) is 70.8 Å². The van der Waals surface area contributed by atoms with Crippen molar-refractivity contribution in [1.29, 1.82) is 0 Å². The molecule has 0 amide bonds. The highest BCUT2D eigenvalue weighted by Gasteiger charge is 2.12. The molecule has 3 aromatic heterocycles. The standard InChI is InChI=1S/C22H16N4O2/c1-28-22(27)21-19-8-6-17(25-19)11-15-4-2-13(23-15)10-14-3-5-16(24-14)12-18-7-9-20(21)26-18/h2-12,25-26H,1H3. The molecule has 6 nitrogen and oxygen atoms in total. The topological polar surface area (TPSA) is 83.7 Å². The summed E-state index contributed by atoms with van der Waals surface area (Å²) in [4.78, 5) is 28.2. The second-order valence-electron chi connectivity index (χ2n) is 6.54. The van der Waals surface area contributed by atoms with Crippen LogP contribution in [0.1, 0.15) is 33.1 Å². The van der Waals surface area contributed by atoms with Crippen molar-refractivity contribution in [3.8, 4) is 0 Å². The molecule has 0 saturated carbocycles. The Morgan fingerprint density at radius 1 is 0.750 bits per heavy atom. The van der Waals surface area contributed by atoms with Crippen LogP contribution in [0.3, 0.4) is 0 Å². The van der Waals surface area contributed by atoms with Crippen molar-refractivity contribution in [3.63, 3.8) is 0 Å². The van der Waals surface area contributed by atoms with Gasteiger partial charge in [0.1, 0.15) is 5.56 Å². The normalized spacial score (nSPS) is 12.3. The van der Waals surface area contributed by atoms with Crippen LogP contribution in [0, 0.1) is 0 Å². The maximum absolute atomic E-state index is 12.5. The summed E-state index contributed by atoms with van der Waals surface area (Å²) in [5.74, 6) is -0.417. The predicted octanol–water partition coefficient (Wildman–Crippen LogP) is 4.44. The largest absolute Gasteiger partial charge is 0.465 e. The Bertz CT molecular complexity index is 1230. The molecule has 0 fully saturated rings. The zero-order valence-electron chi connectivity index (χ0n) is 15.1. The zero-order valence-corrected chi connectivity index (χ0v) is 15.1. The number of fused-ring (bicyclic) bond motifs is 8. The van der Waals surface area contributed by atoms with Crippen molar-refractivity contribution in [2.75, 3.05) is 7.11 Å². The first kappa shape index (κ1) is 16.3. The lowest BCUT2D eigenvalue weighted by molar-refractivity contribution is 0.0604. The van der Waals surface area contributed by atoms with Crippen LogP contribution in [0.5, 0.6) is 0 Å². The van der Waals surface area contributed by atoms with Gasteiger partial charge < -0.3 is 14.7 Å². The van der Waals surface area contributed by atoms with Crippen LogP contribution in [0.4, 0.5) is 0 Å². The highest BCUT2D eigenvalue weighted by molar-refractivity contribution is 6.04. The molecule has 0 saturated heterocycles. The quantitative estimate of drug-likeness (QED) is 0.428. The number of aromatic amines is 2. The molecule has 8 bridgehead atoms. The molecule has 5 heterocycles. The van der Waals surface area contributed by atoms with Gasteiger partial charge >= 0.3 is 5.97 Å². The van der Waals surface area contributed by atoms with Crippen LogP contribution in [0.15, 0.2) is 42.5 Å². The molecule has 0 aromatic carbocycles. The molecule has 136 valence electrons. The first-order valence-corrected chi connectivity index (χ1v) is 8.84. The third kappa shape index (κ3) is 2.91. The number of carbonyl (C=O) groups excluding carboxylic acids is 1. The minimum Gasteiger partial charge on any atom is -0.465 e. The van der Waals surface area contributed by atoms with E-state index in [2.05, 4.69) is 19.9 Å². The molecule has 0 atom stereocenters. The molecule has 0 spiro atoms. The van der Waals surface area contributed by atoms with Crippen molar-refractivity contribution in [2.24, 2.45) is 0 Å². The Morgan fingerprint density at radius 2 is 1.21 bits per heavy atom. The van der Waals surface area contributed by atoms with Crippen LogP contribution >= 0.6 is 0 Å². The fourth-order valence-electron chi connectivity index (χ4n) is 3.33. The number of hydrogen-bond acceptors (Lipinski definition) is 4. The molecular weight excluding hydrogens is 352 g/mol. The van der Waals surface area contributed by atoms with Gasteiger partial charge in [-0.3, -0.25) is 0 Å². The van der Waals surface area contributed by atoms with Crippen molar-refractivity contribution < 1.29 is 9.53 Å². The third-order valence-corrected chi connectivity index (χ3v) is 4.61. The van der Waals surface area contributed by atoms with Crippen molar-refractivity contribution >= 4 is 52.3 Å². The van der Waals surface area contributed by atoms with Gasteiger partial charge in [-0.25, -0.2) is 14.8 Å². The van der Waals surface area contributed by atoms with Gasteiger partial charge in [-0.15, -0.1) is 0 Å². The van der Waals surface area contributed by atoms with E-state index in [-0.39, 0.29) is 0 Å². The van der Waals surface area contributed by atoms with Gasteiger partial charge in [0, 0.05) is 11.0 Å².